The summed E-state index contributed by atoms with van der Waals surface area (Å²) in [5.74, 6) is 1.62. The molecule has 2 atom stereocenters. The van der Waals surface area contributed by atoms with E-state index in [-0.39, 0.29) is 0 Å². The van der Waals surface area contributed by atoms with E-state index in [0.717, 1.165) is 11.8 Å². The van der Waals surface area contributed by atoms with Gasteiger partial charge < -0.3 is 0 Å². The van der Waals surface area contributed by atoms with Gasteiger partial charge in [-0.1, -0.05) is 44.6 Å². The van der Waals surface area contributed by atoms with Crippen molar-refractivity contribution in [2.75, 3.05) is 0 Å². The Kier molecular flexibility index (Phi) is 3.41. The van der Waals surface area contributed by atoms with Gasteiger partial charge in [0.1, 0.15) is 0 Å². The SMILES string of the molecule is CCCC1C=CC=CC1CC. The fourth-order valence-corrected chi connectivity index (χ4v) is 1.78. The smallest absolute Gasteiger partial charge is 0.0167 e. The largest absolute Gasteiger partial charge is 0.0809 e. The molecule has 1 rings (SSSR count). The molecule has 62 valence electrons. The molecule has 1 aliphatic rings. The highest BCUT2D eigenvalue weighted by Gasteiger charge is 2.14. The summed E-state index contributed by atoms with van der Waals surface area (Å²) in [4.78, 5) is 0. The second-order valence-electron chi connectivity index (χ2n) is 3.29. The Morgan fingerprint density at radius 1 is 1.00 bits per heavy atom. The van der Waals surface area contributed by atoms with Crippen LogP contribution in [-0.2, 0) is 0 Å². The Hall–Kier alpha value is -0.520. The molecule has 0 aromatic carbocycles. The summed E-state index contributed by atoms with van der Waals surface area (Å²) >= 11 is 0. The second kappa shape index (κ2) is 4.38. The molecule has 1 aliphatic carbocycles. The van der Waals surface area contributed by atoms with Crippen molar-refractivity contribution < 1.29 is 0 Å². The van der Waals surface area contributed by atoms with Crippen molar-refractivity contribution in [3.05, 3.63) is 24.3 Å². The molecule has 0 aliphatic heterocycles. The Morgan fingerprint density at radius 3 is 2.18 bits per heavy atom. The molecule has 0 spiro atoms. The minimum absolute atomic E-state index is 0.806. The third-order valence-electron chi connectivity index (χ3n) is 2.47. The van der Waals surface area contributed by atoms with Gasteiger partial charge in [0.25, 0.3) is 0 Å². The lowest BCUT2D eigenvalue weighted by atomic mass is 9.84. The monoisotopic (exact) mass is 150 g/mol. The summed E-state index contributed by atoms with van der Waals surface area (Å²) in [5.41, 5.74) is 0. The maximum atomic E-state index is 2.36. The molecule has 0 aromatic rings. The van der Waals surface area contributed by atoms with E-state index in [0.29, 0.717) is 0 Å². The van der Waals surface area contributed by atoms with Crippen LogP contribution in [0, 0.1) is 11.8 Å². The molecule has 0 radical (unpaired) electrons. The zero-order valence-electron chi connectivity index (χ0n) is 7.59. The first-order valence-corrected chi connectivity index (χ1v) is 4.73. The van der Waals surface area contributed by atoms with Gasteiger partial charge >= 0.3 is 0 Å². The van der Waals surface area contributed by atoms with E-state index < -0.39 is 0 Å². The van der Waals surface area contributed by atoms with Crippen LogP contribution in [0.2, 0.25) is 0 Å². The third kappa shape index (κ3) is 2.21. The minimum Gasteiger partial charge on any atom is -0.0809 e. The van der Waals surface area contributed by atoms with E-state index in [9.17, 15) is 0 Å². The Morgan fingerprint density at radius 2 is 1.64 bits per heavy atom. The van der Waals surface area contributed by atoms with Gasteiger partial charge in [-0.25, -0.2) is 0 Å². The van der Waals surface area contributed by atoms with Crippen molar-refractivity contribution >= 4 is 0 Å². The normalized spacial score (nSPS) is 29.3. The van der Waals surface area contributed by atoms with E-state index >= 15 is 0 Å². The van der Waals surface area contributed by atoms with Crippen molar-refractivity contribution in [2.24, 2.45) is 11.8 Å². The molecule has 0 saturated heterocycles. The van der Waals surface area contributed by atoms with Crippen molar-refractivity contribution in [1.29, 1.82) is 0 Å². The van der Waals surface area contributed by atoms with Crippen LogP contribution in [0.5, 0.6) is 0 Å². The number of hydrogen-bond acceptors (Lipinski definition) is 0. The van der Waals surface area contributed by atoms with Gasteiger partial charge in [0.05, 0.1) is 0 Å². The maximum absolute atomic E-state index is 2.36. The Labute approximate surface area is 70.0 Å². The average Bonchev–Trinajstić information content (AvgIpc) is 2.06. The van der Waals surface area contributed by atoms with Crippen LogP contribution in [0.1, 0.15) is 33.1 Å². The van der Waals surface area contributed by atoms with E-state index in [2.05, 4.69) is 38.2 Å². The lowest BCUT2D eigenvalue weighted by molar-refractivity contribution is 0.426. The zero-order valence-corrected chi connectivity index (χ0v) is 7.59. The molecule has 0 heteroatoms. The lowest BCUT2D eigenvalue weighted by Gasteiger charge is -2.21. The zero-order chi connectivity index (χ0) is 8.10. The van der Waals surface area contributed by atoms with Crippen LogP contribution in [0.4, 0.5) is 0 Å². The number of hydrogen-bond donors (Lipinski definition) is 0. The topological polar surface area (TPSA) is 0 Å². The van der Waals surface area contributed by atoms with Gasteiger partial charge in [0.2, 0.25) is 0 Å². The van der Waals surface area contributed by atoms with Crippen LogP contribution < -0.4 is 0 Å². The van der Waals surface area contributed by atoms with E-state index in [4.69, 9.17) is 0 Å². The van der Waals surface area contributed by atoms with Crippen LogP contribution in [0.3, 0.4) is 0 Å². The van der Waals surface area contributed by atoms with Gasteiger partial charge in [-0.05, 0) is 24.7 Å². The molecular weight excluding hydrogens is 132 g/mol. The predicted octanol–water partition coefficient (Wildman–Crippen LogP) is 3.55. The summed E-state index contributed by atoms with van der Waals surface area (Å²) in [5, 5.41) is 0. The molecule has 2 unspecified atom stereocenters. The van der Waals surface area contributed by atoms with Gasteiger partial charge in [-0.15, -0.1) is 0 Å². The molecule has 0 N–H and O–H groups in total. The van der Waals surface area contributed by atoms with Crippen molar-refractivity contribution in [1.82, 2.24) is 0 Å². The molecule has 0 nitrogen and oxygen atoms in total. The highest BCUT2D eigenvalue weighted by Crippen LogP contribution is 2.26. The third-order valence-corrected chi connectivity index (χ3v) is 2.47. The first kappa shape index (κ1) is 8.58. The van der Waals surface area contributed by atoms with Crippen molar-refractivity contribution in [2.45, 2.75) is 33.1 Å². The average molecular weight is 150 g/mol. The summed E-state index contributed by atoms with van der Waals surface area (Å²) in [6.45, 7) is 4.54. The van der Waals surface area contributed by atoms with E-state index in [1.165, 1.54) is 19.3 Å². The number of allylic oxidation sites excluding steroid dienone is 4. The number of rotatable bonds is 3. The van der Waals surface area contributed by atoms with Gasteiger partial charge in [-0.3, -0.25) is 0 Å². The molecule has 0 bridgehead atoms. The standard InChI is InChI=1S/C11H18/c1-3-7-11-9-6-5-8-10(11)4-2/h5-6,8-11H,3-4,7H2,1-2H3. The molecule has 0 heterocycles. The summed E-state index contributed by atoms with van der Waals surface area (Å²) in [6.07, 6.45) is 13.0. The highest BCUT2D eigenvalue weighted by atomic mass is 14.2. The molecule has 0 amide bonds. The van der Waals surface area contributed by atoms with Crippen molar-refractivity contribution in [3.8, 4) is 0 Å². The summed E-state index contributed by atoms with van der Waals surface area (Å²) < 4.78 is 0. The van der Waals surface area contributed by atoms with Crippen LogP contribution in [0.25, 0.3) is 0 Å². The minimum atomic E-state index is 0.806. The van der Waals surface area contributed by atoms with E-state index in [1.54, 1.807) is 0 Å². The van der Waals surface area contributed by atoms with Crippen LogP contribution >= 0.6 is 0 Å². The summed E-state index contributed by atoms with van der Waals surface area (Å²) in [7, 11) is 0. The maximum Gasteiger partial charge on any atom is -0.0167 e. The molecule has 11 heavy (non-hydrogen) atoms. The predicted molar refractivity (Wildman–Crippen MR) is 50.5 cm³/mol. The van der Waals surface area contributed by atoms with Crippen LogP contribution in [0.15, 0.2) is 24.3 Å². The van der Waals surface area contributed by atoms with Crippen LogP contribution in [-0.4, -0.2) is 0 Å². The first-order valence-electron chi connectivity index (χ1n) is 4.73. The fourth-order valence-electron chi connectivity index (χ4n) is 1.78. The molecule has 0 saturated carbocycles. The fraction of sp³-hybridized carbons (Fsp3) is 0.636. The van der Waals surface area contributed by atoms with Crippen molar-refractivity contribution in [3.63, 3.8) is 0 Å². The Balaban J connectivity index is 2.48. The quantitative estimate of drug-likeness (QED) is 0.577. The Bertz CT molecular complexity index is 153. The van der Waals surface area contributed by atoms with Gasteiger partial charge in [0.15, 0.2) is 0 Å². The second-order valence-corrected chi connectivity index (χ2v) is 3.29. The first-order chi connectivity index (χ1) is 5.38. The molecule has 0 aromatic heterocycles. The van der Waals surface area contributed by atoms with Gasteiger partial charge in [0, 0.05) is 0 Å². The molecule has 0 fully saturated rings. The van der Waals surface area contributed by atoms with Gasteiger partial charge in [-0.2, -0.15) is 0 Å². The lowest BCUT2D eigenvalue weighted by Crippen LogP contribution is -2.11. The summed E-state index contributed by atoms with van der Waals surface area (Å²) in [6, 6.07) is 0. The highest BCUT2D eigenvalue weighted by molar-refractivity contribution is 5.13. The van der Waals surface area contributed by atoms with E-state index in [1.807, 2.05) is 0 Å². The molecular formula is C11H18.